The lowest BCUT2D eigenvalue weighted by Crippen LogP contribution is -2.43. The van der Waals surface area contributed by atoms with Crippen molar-refractivity contribution in [2.45, 2.75) is 12.1 Å². The molecule has 8 heteroatoms. The normalized spacial score (nSPS) is 21.4. The van der Waals surface area contributed by atoms with Crippen LogP contribution in [0.15, 0.2) is 18.2 Å². The van der Waals surface area contributed by atoms with E-state index in [0.29, 0.717) is 0 Å². The second-order valence-corrected chi connectivity index (χ2v) is 5.71. The summed E-state index contributed by atoms with van der Waals surface area (Å²) in [6, 6.07) is 3.17. The average molecular weight is 331 g/mol. The summed E-state index contributed by atoms with van der Waals surface area (Å²) in [4.78, 5) is 25.8. The van der Waals surface area contributed by atoms with Crippen LogP contribution < -0.4 is 0 Å². The van der Waals surface area contributed by atoms with Crippen LogP contribution in [-0.4, -0.2) is 70.7 Å². The second kappa shape index (κ2) is 6.60. The number of hydrogen-bond donors (Lipinski definition) is 2. The van der Waals surface area contributed by atoms with E-state index in [-0.39, 0.29) is 30.2 Å². The minimum absolute atomic E-state index is 0.0133. The third kappa shape index (κ3) is 3.55. The van der Waals surface area contributed by atoms with Crippen molar-refractivity contribution in [3.8, 4) is 0 Å². The van der Waals surface area contributed by atoms with Crippen molar-refractivity contribution >= 4 is 23.5 Å². The summed E-state index contributed by atoms with van der Waals surface area (Å²) in [6.45, 7) is -0.121. The lowest BCUT2D eigenvalue weighted by atomic mass is 10.2. The Bertz CT molecular complexity index is 598. The molecular formula is C14H16ClFN2O4. The number of carbonyl (C=O) groups excluding carboxylic acids is 1. The number of carbonyl (C=O) groups is 2. The Hall–Kier alpha value is -1.70. The molecule has 1 aliphatic heterocycles. The molecule has 0 aliphatic carbocycles. The number of amides is 1. The molecule has 1 fully saturated rings. The summed E-state index contributed by atoms with van der Waals surface area (Å²) >= 11 is 5.77. The monoisotopic (exact) mass is 330 g/mol. The molecule has 1 heterocycles. The van der Waals surface area contributed by atoms with Gasteiger partial charge < -0.3 is 15.1 Å². The molecular weight excluding hydrogens is 315 g/mol. The highest BCUT2D eigenvalue weighted by Crippen LogP contribution is 2.21. The van der Waals surface area contributed by atoms with Crippen LogP contribution in [0.2, 0.25) is 5.02 Å². The van der Waals surface area contributed by atoms with Crippen molar-refractivity contribution in [2.75, 3.05) is 26.7 Å². The fraction of sp³-hybridized carbons (Fsp3) is 0.429. The summed E-state index contributed by atoms with van der Waals surface area (Å²) in [5.74, 6) is -2.29. The molecule has 0 radical (unpaired) electrons. The number of carboxylic acid groups (broad SMARTS) is 1. The van der Waals surface area contributed by atoms with Gasteiger partial charge in [-0.2, -0.15) is 0 Å². The molecule has 1 saturated heterocycles. The van der Waals surface area contributed by atoms with Gasteiger partial charge in [-0.3, -0.25) is 14.5 Å². The van der Waals surface area contributed by atoms with Crippen LogP contribution in [0, 0.1) is 5.82 Å². The zero-order valence-electron chi connectivity index (χ0n) is 11.9. The van der Waals surface area contributed by atoms with Gasteiger partial charge in [0.1, 0.15) is 5.82 Å². The summed E-state index contributed by atoms with van der Waals surface area (Å²) in [6.07, 6.45) is -0.893. The number of nitrogens with zero attached hydrogens (tertiary/aromatic N) is 2. The quantitative estimate of drug-likeness (QED) is 0.848. The Morgan fingerprint density at radius 3 is 2.77 bits per heavy atom. The standard InChI is InChI=1S/C14H16ClFN2O4/c1-17(7-13(20)21)11-5-18(6-12(11)19)14(22)9-4-8(15)2-3-10(9)16/h2-4,11-12,19H,5-7H2,1H3,(H,20,21)/t11?,12-/m1/s1. The Morgan fingerprint density at radius 2 is 2.14 bits per heavy atom. The molecule has 0 bridgehead atoms. The van der Waals surface area contributed by atoms with Crippen molar-refractivity contribution in [1.29, 1.82) is 0 Å². The molecule has 6 nitrogen and oxygen atoms in total. The van der Waals surface area contributed by atoms with Gasteiger partial charge in [-0.05, 0) is 25.2 Å². The van der Waals surface area contributed by atoms with Crippen molar-refractivity contribution in [3.05, 3.63) is 34.6 Å². The molecule has 1 aliphatic rings. The zero-order chi connectivity index (χ0) is 16.4. The number of aliphatic hydroxyl groups excluding tert-OH is 1. The molecule has 1 aromatic carbocycles. The number of likely N-dealkylation sites (tertiary alicyclic amines) is 1. The molecule has 0 saturated carbocycles. The van der Waals surface area contributed by atoms with Crippen LogP contribution in [0.3, 0.4) is 0 Å². The number of hydrogen-bond acceptors (Lipinski definition) is 4. The second-order valence-electron chi connectivity index (χ2n) is 5.28. The first-order valence-corrected chi connectivity index (χ1v) is 7.02. The SMILES string of the molecule is CN(CC(=O)O)C1CN(C(=O)c2cc(Cl)ccc2F)C[C@H]1O. The van der Waals surface area contributed by atoms with Gasteiger partial charge in [0.25, 0.3) is 5.91 Å². The van der Waals surface area contributed by atoms with Crippen LogP contribution in [0.5, 0.6) is 0 Å². The summed E-state index contributed by atoms with van der Waals surface area (Å²) in [5, 5.41) is 19.0. The molecule has 22 heavy (non-hydrogen) atoms. The largest absolute Gasteiger partial charge is 0.480 e. The fourth-order valence-corrected chi connectivity index (χ4v) is 2.70. The lowest BCUT2D eigenvalue weighted by Gasteiger charge is -2.24. The molecule has 0 spiro atoms. The van der Waals surface area contributed by atoms with E-state index >= 15 is 0 Å². The van der Waals surface area contributed by atoms with Crippen LogP contribution in [-0.2, 0) is 4.79 Å². The number of carboxylic acids is 1. The number of rotatable bonds is 4. The lowest BCUT2D eigenvalue weighted by molar-refractivity contribution is -0.138. The van der Waals surface area contributed by atoms with E-state index in [2.05, 4.69) is 0 Å². The van der Waals surface area contributed by atoms with Crippen molar-refractivity contribution < 1.29 is 24.2 Å². The van der Waals surface area contributed by atoms with Gasteiger partial charge in [0, 0.05) is 18.1 Å². The van der Waals surface area contributed by atoms with E-state index in [1.807, 2.05) is 0 Å². The third-order valence-corrected chi connectivity index (χ3v) is 3.89. The molecule has 1 amide bonds. The van der Waals surface area contributed by atoms with Crippen LogP contribution in [0.25, 0.3) is 0 Å². The van der Waals surface area contributed by atoms with Crippen LogP contribution >= 0.6 is 11.6 Å². The minimum Gasteiger partial charge on any atom is -0.480 e. The minimum atomic E-state index is -1.03. The highest BCUT2D eigenvalue weighted by molar-refractivity contribution is 6.31. The topological polar surface area (TPSA) is 81.1 Å². The van der Waals surface area contributed by atoms with Crippen LogP contribution in [0.4, 0.5) is 4.39 Å². The third-order valence-electron chi connectivity index (χ3n) is 3.66. The number of aliphatic hydroxyl groups is 1. The van der Waals surface area contributed by atoms with E-state index in [9.17, 15) is 19.1 Å². The molecule has 120 valence electrons. The number of β-amino-alcohol motifs (C(OH)–C–C–N with tert-alkyl or cyclic N) is 1. The Labute approximate surface area is 131 Å². The van der Waals surface area contributed by atoms with Crippen LogP contribution in [0.1, 0.15) is 10.4 Å². The Balaban J connectivity index is 2.13. The van der Waals surface area contributed by atoms with E-state index in [1.165, 1.54) is 21.9 Å². The van der Waals surface area contributed by atoms with Crippen molar-refractivity contribution in [3.63, 3.8) is 0 Å². The van der Waals surface area contributed by atoms with Gasteiger partial charge in [-0.1, -0.05) is 11.6 Å². The maximum Gasteiger partial charge on any atom is 0.317 e. The molecule has 0 aromatic heterocycles. The predicted molar refractivity (Wildman–Crippen MR) is 77.4 cm³/mol. The van der Waals surface area contributed by atoms with E-state index in [4.69, 9.17) is 16.7 Å². The number of likely N-dealkylation sites (N-methyl/N-ethyl adjacent to an activating group) is 1. The molecule has 2 rings (SSSR count). The maximum absolute atomic E-state index is 13.7. The smallest absolute Gasteiger partial charge is 0.317 e. The summed E-state index contributed by atoms with van der Waals surface area (Å²) < 4.78 is 13.7. The van der Waals surface area contributed by atoms with Gasteiger partial charge in [0.05, 0.1) is 24.3 Å². The van der Waals surface area contributed by atoms with Gasteiger partial charge in [-0.15, -0.1) is 0 Å². The maximum atomic E-state index is 13.7. The van der Waals surface area contributed by atoms with E-state index in [0.717, 1.165) is 6.07 Å². The van der Waals surface area contributed by atoms with E-state index in [1.54, 1.807) is 7.05 Å². The average Bonchev–Trinajstić information content (AvgIpc) is 2.82. The molecule has 1 unspecified atom stereocenters. The van der Waals surface area contributed by atoms with Crippen molar-refractivity contribution in [2.24, 2.45) is 0 Å². The Morgan fingerprint density at radius 1 is 1.45 bits per heavy atom. The predicted octanol–water partition coefficient (Wildman–Crippen LogP) is 0.681. The number of halogens is 2. The van der Waals surface area contributed by atoms with Gasteiger partial charge in [0.2, 0.25) is 0 Å². The number of benzene rings is 1. The van der Waals surface area contributed by atoms with Gasteiger partial charge in [0.15, 0.2) is 0 Å². The Kier molecular flexibility index (Phi) is 5.00. The summed E-state index contributed by atoms with van der Waals surface area (Å²) in [5.41, 5.74) is -0.166. The number of aliphatic carboxylic acids is 1. The molecule has 2 atom stereocenters. The summed E-state index contributed by atoms with van der Waals surface area (Å²) in [7, 11) is 1.55. The fourth-order valence-electron chi connectivity index (χ4n) is 2.53. The zero-order valence-corrected chi connectivity index (χ0v) is 12.6. The van der Waals surface area contributed by atoms with Gasteiger partial charge in [-0.25, -0.2) is 4.39 Å². The van der Waals surface area contributed by atoms with Crippen molar-refractivity contribution in [1.82, 2.24) is 9.80 Å². The molecule has 1 aromatic rings. The first-order valence-electron chi connectivity index (χ1n) is 6.64. The first-order chi connectivity index (χ1) is 10.3. The highest BCUT2D eigenvalue weighted by Gasteiger charge is 2.37. The first kappa shape index (κ1) is 16.7. The van der Waals surface area contributed by atoms with Gasteiger partial charge >= 0.3 is 5.97 Å². The van der Waals surface area contributed by atoms with E-state index < -0.39 is 29.8 Å². The highest BCUT2D eigenvalue weighted by atomic mass is 35.5. The molecule has 2 N–H and O–H groups in total.